The highest BCUT2D eigenvalue weighted by Gasteiger charge is 2.38. The normalized spacial score (nSPS) is 32.0. The molecule has 29 heavy (non-hydrogen) atoms. The van der Waals surface area contributed by atoms with Gasteiger partial charge in [0.2, 0.25) is 0 Å². The molecular formula is C28H40O. The second kappa shape index (κ2) is 10.1. The minimum Gasteiger partial charge on any atom is -0.374 e. The van der Waals surface area contributed by atoms with Gasteiger partial charge in [0, 0.05) is 0 Å². The second-order valence-electron chi connectivity index (χ2n) is 9.86. The van der Waals surface area contributed by atoms with Crippen molar-refractivity contribution in [2.45, 2.75) is 83.7 Å². The van der Waals surface area contributed by atoms with Crippen LogP contribution in [0.4, 0.5) is 0 Å². The topological polar surface area (TPSA) is 9.23 Å². The number of allylic oxidation sites excluding steroid dienone is 2. The molecule has 5 atom stereocenters. The molecule has 4 rings (SSSR count). The highest BCUT2D eigenvalue weighted by molar-refractivity contribution is 5.34. The van der Waals surface area contributed by atoms with E-state index in [1.165, 1.54) is 63.4 Å². The van der Waals surface area contributed by atoms with Crippen LogP contribution < -0.4 is 0 Å². The van der Waals surface area contributed by atoms with E-state index in [-0.39, 0.29) is 0 Å². The summed E-state index contributed by atoms with van der Waals surface area (Å²) >= 11 is 0. The molecular weight excluding hydrogens is 352 g/mol. The molecule has 0 heterocycles. The van der Waals surface area contributed by atoms with Crippen molar-refractivity contribution in [1.82, 2.24) is 0 Å². The first kappa shape index (κ1) is 20.9. The highest BCUT2D eigenvalue weighted by atomic mass is 16.5. The van der Waals surface area contributed by atoms with E-state index in [0.29, 0.717) is 6.10 Å². The van der Waals surface area contributed by atoms with Gasteiger partial charge in [-0.25, -0.2) is 0 Å². The lowest BCUT2D eigenvalue weighted by Crippen LogP contribution is -2.37. The van der Waals surface area contributed by atoms with Crippen LogP contribution in [-0.4, -0.2) is 12.7 Å². The Morgan fingerprint density at radius 3 is 2.59 bits per heavy atom. The first-order valence-electron chi connectivity index (χ1n) is 12.2. The van der Waals surface area contributed by atoms with E-state index >= 15 is 0 Å². The third-order valence-corrected chi connectivity index (χ3v) is 8.11. The molecule has 1 nitrogen and oxygen atoms in total. The number of rotatable bonds is 7. The van der Waals surface area contributed by atoms with Gasteiger partial charge >= 0.3 is 0 Å². The molecule has 3 unspecified atom stereocenters. The van der Waals surface area contributed by atoms with Crippen molar-refractivity contribution in [3.8, 4) is 0 Å². The SMILES string of the molecule is C=CCCc1ccc2c(c1)CCC(C1CCC3C[C@H](OC/C=C/C)CC[C@@H]3C1)C2. The summed E-state index contributed by atoms with van der Waals surface area (Å²) < 4.78 is 6.10. The van der Waals surface area contributed by atoms with Gasteiger partial charge in [-0.1, -0.05) is 36.4 Å². The van der Waals surface area contributed by atoms with Crippen LogP contribution >= 0.6 is 0 Å². The molecule has 1 aromatic rings. The minimum absolute atomic E-state index is 0.515. The minimum atomic E-state index is 0.515. The standard InChI is InChI=1S/C28H40O/c1-3-5-7-21-8-9-23-18-24(11-10-22(23)17-21)25-12-13-27-20-28(29-16-6-4-2)15-14-26(27)19-25/h3-4,6,8-9,17,24-28H,1,5,7,10-16,18-20H2,2H3/b6-4+/t24?,25?,26-,27?,28-/m1/s1. The zero-order chi connectivity index (χ0) is 20.1. The molecule has 0 spiro atoms. The Bertz CT molecular complexity index is 702. The Hall–Kier alpha value is -1.34. The molecule has 0 saturated heterocycles. The summed E-state index contributed by atoms with van der Waals surface area (Å²) in [5, 5.41) is 0. The number of aryl methyl sites for hydroxylation is 2. The summed E-state index contributed by atoms with van der Waals surface area (Å²) in [6.45, 7) is 6.74. The van der Waals surface area contributed by atoms with Gasteiger partial charge in [-0.3, -0.25) is 0 Å². The average molecular weight is 393 g/mol. The Balaban J connectivity index is 1.30. The van der Waals surface area contributed by atoms with Crippen molar-refractivity contribution in [2.75, 3.05) is 6.61 Å². The molecule has 0 bridgehead atoms. The number of fused-ring (bicyclic) bond motifs is 2. The zero-order valence-corrected chi connectivity index (χ0v) is 18.5. The maximum atomic E-state index is 6.10. The lowest BCUT2D eigenvalue weighted by atomic mass is 9.62. The molecule has 0 aliphatic heterocycles. The van der Waals surface area contributed by atoms with Crippen molar-refractivity contribution in [3.63, 3.8) is 0 Å². The first-order valence-corrected chi connectivity index (χ1v) is 12.2. The molecule has 0 radical (unpaired) electrons. The number of ether oxygens (including phenoxy) is 1. The van der Waals surface area contributed by atoms with Crippen LogP contribution in [0.5, 0.6) is 0 Å². The number of hydrogen-bond acceptors (Lipinski definition) is 1. The number of benzene rings is 1. The summed E-state index contributed by atoms with van der Waals surface area (Å²) in [7, 11) is 0. The Labute approximate surface area is 178 Å². The Kier molecular flexibility index (Phi) is 7.29. The van der Waals surface area contributed by atoms with Gasteiger partial charge in [0.1, 0.15) is 0 Å². The van der Waals surface area contributed by atoms with Crippen molar-refractivity contribution >= 4 is 0 Å². The van der Waals surface area contributed by atoms with Gasteiger partial charge < -0.3 is 4.74 Å². The van der Waals surface area contributed by atoms with Gasteiger partial charge in [-0.2, -0.15) is 0 Å². The van der Waals surface area contributed by atoms with Gasteiger partial charge in [0.25, 0.3) is 0 Å². The molecule has 2 fully saturated rings. The van der Waals surface area contributed by atoms with E-state index in [2.05, 4.69) is 43.9 Å². The van der Waals surface area contributed by atoms with Gasteiger partial charge in [0.15, 0.2) is 0 Å². The van der Waals surface area contributed by atoms with E-state index < -0.39 is 0 Å². The van der Waals surface area contributed by atoms with Crippen molar-refractivity contribution in [3.05, 3.63) is 59.7 Å². The molecule has 0 amide bonds. The molecule has 3 aliphatic rings. The van der Waals surface area contributed by atoms with Crippen LogP contribution in [0.25, 0.3) is 0 Å². The fraction of sp³-hybridized carbons (Fsp3) is 0.643. The summed E-state index contributed by atoms with van der Waals surface area (Å²) in [6, 6.07) is 7.30. The zero-order valence-electron chi connectivity index (χ0n) is 18.5. The third kappa shape index (κ3) is 5.23. The largest absolute Gasteiger partial charge is 0.374 e. The van der Waals surface area contributed by atoms with Gasteiger partial charge in [-0.15, -0.1) is 6.58 Å². The van der Waals surface area contributed by atoms with Crippen LogP contribution in [0, 0.1) is 23.7 Å². The summed E-state index contributed by atoms with van der Waals surface area (Å²) in [5.41, 5.74) is 4.78. The molecule has 1 heteroatoms. The Morgan fingerprint density at radius 2 is 1.76 bits per heavy atom. The molecule has 0 N–H and O–H groups in total. The maximum absolute atomic E-state index is 6.10. The smallest absolute Gasteiger partial charge is 0.0651 e. The molecule has 2 saturated carbocycles. The van der Waals surface area contributed by atoms with Crippen LogP contribution in [0.3, 0.4) is 0 Å². The van der Waals surface area contributed by atoms with Crippen molar-refractivity contribution in [1.29, 1.82) is 0 Å². The lowest BCUT2D eigenvalue weighted by molar-refractivity contribution is -0.0138. The second-order valence-corrected chi connectivity index (χ2v) is 9.86. The molecule has 0 aromatic heterocycles. The Morgan fingerprint density at radius 1 is 0.966 bits per heavy atom. The summed E-state index contributed by atoms with van der Waals surface area (Å²) in [5.74, 6) is 3.79. The average Bonchev–Trinajstić information content (AvgIpc) is 2.77. The summed E-state index contributed by atoms with van der Waals surface area (Å²) in [4.78, 5) is 0. The van der Waals surface area contributed by atoms with Crippen LogP contribution in [0.1, 0.15) is 75.0 Å². The van der Waals surface area contributed by atoms with Crippen LogP contribution in [-0.2, 0) is 24.0 Å². The quantitative estimate of drug-likeness (QED) is 0.450. The van der Waals surface area contributed by atoms with Crippen molar-refractivity contribution in [2.24, 2.45) is 23.7 Å². The van der Waals surface area contributed by atoms with E-state index in [1.807, 2.05) is 6.08 Å². The fourth-order valence-electron chi connectivity index (χ4n) is 6.41. The van der Waals surface area contributed by atoms with Gasteiger partial charge in [-0.05, 0) is 118 Å². The van der Waals surface area contributed by atoms with E-state index in [9.17, 15) is 0 Å². The van der Waals surface area contributed by atoms with E-state index in [1.54, 1.807) is 11.1 Å². The van der Waals surface area contributed by atoms with Gasteiger partial charge in [0.05, 0.1) is 12.7 Å². The highest BCUT2D eigenvalue weighted by Crippen LogP contribution is 2.47. The number of hydrogen-bond donors (Lipinski definition) is 0. The van der Waals surface area contributed by atoms with E-state index in [0.717, 1.165) is 43.1 Å². The van der Waals surface area contributed by atoms with Crippen LogP contribution in [0.15, 0.2) is 43.0 Å². The third-order valence-electron chi connectivity index (χ3n) is 8.11. The molecule has 3 aliphatic carbocycles. The van der Waals surface area contributed by atoms with E-state index in [4.69, 9.17) is 4.74 Å². The predicted molar refractivity (Wildman–Crippen MR) is 123 cm³/mol. The monoisotopic (exact) mass is 392 g/mol. The summed E-state index contributed by atoms with van der Waals surface area (Å²) in [6.07, 6.45) is 21.5. The maximum Gasteiger partial charge on any atom is 0.0651 e. The van der Waals surface area contributed by atoms with Crippen molar-refractivity contribution < 1.29 is 4.74 Å². The molecule has 158 valence electrons. The predicted octanol–water partition coefficient (Wildman–Crippen LogP) is 7.09. The fourth-order valence-corrected chi connectivity index (χ4v) is 6.41. The molecule has 1 aromatic carbocycles. The van der Waals surface area contributed by atoms with Crippen LogP contribution in [0.2, 0.25) is 0 Å². The lowest BCUT2D eigenvalue weighted by Gasteiger charge is -2.45. The first-order chi connectivity index (χ1) is 14.3.